The number of aromatic nitrogens is 1. The van der Waals surface area contributed by atoms with Crippen molar-refractivity contribution in [1.82, 2.24) is 10.3 Å². The third-order valence-electron chi connectivity index (χ3n) is 3.74. The van der Waals surface area contributed by atoms with Crippen molar-refractivity contribution in [2.75, 3.05) is 19.0 Å². The Hall–Kier alpha value is -2.07. The van der Waals surface area contributed by atoms with E-state index in [0.29, 0.717) is 16.5 Å². The first-order valence-corrected chi connectivity index (χ1v) is 8.03. The molecule has 0 saturated heterocycles. The summed E-state index contributed by atoms with van der Waals surface area (Å²) in [4.78, 5) is 18.5. The molecule has 122 valence electrons. The van der Waals surface area contributed by atoms with E-state index < -0.39 is 0 Å². The highest BCUT2D eigenvalue weighted by Crippen LogP contribution is 2.18. The second-order valence-electron chi connectivity index (χ2n) is 5.72. The standard InChI is InChI=1S/C18H22ClN3O/c1-5-13-6-8-14(9-7-13)12(2)20-18(23)15-10-16(19)21-17(11-15)22(3)4/h6-12H,5H2,1-4H3,(H,20,23). The first-order chi connectivity index (χ1) is 10.9. The number of carbonyl (C=O) groups excluding carboxylic acids is 1. The highest BCUT2D eigenvalue weighted by molar-refractivity contribution is 6.29. The van der Waals surface area contributed by atoms with Crippen LogP contribution in [0.5, 0.6) is 0 Å². The van der Waals surface area contributed by atoms with Crippen LogP contribution in [0.3, 0.4) is 0 Å². The van der Waals surface area contributed by atoms with Gasteiger partial charge in [0.05, 0.1) is 6.04 Å². The van der Waals surface area contributed by atoms with Crippen molar-refractivity contribution in [3.63, 3.8) is 0 Å². The minimum absolute atomic E-state index is 0.0804. The summed E-state index contributed by atoms with van der Waals surface area (Å²) in [6.45, 7) is 4.09. The third-order valence-corrected chi connectivity index (χ3v) is 3.93. The summed E-state index contributed by atoms with van der Waals surface area (Å²) in [6.07, 6.45) is 1.00. The van der Waals surface area contributed by atoms with Gasteiger partial charge in [-0.05, 0) is 36.6 Å². The number of carbonyl (C=O) groups is 1. The Bertz CT molecular complexity index is 683. The fraction of sp³-hybridized carbons (Fsp3) is 0.333. The summed E-state index contributed by atoms with van der Waals surface area (Å²) in [7, 11) is 3.72. The number of rotatable bonds is 5. The molecule has 1 N–H and O–H groups in total. The molecular formula is C18H22ClN3O. The van der Waals surface area contributed by atoms with Crippen molar-refractivity contribution in [2.24, 2.45) is 0 Å². The molecule has 0 aliphatic heterocycles. The Kier molecular flexibility index (Phi) is 5.61. The number of halogens is 1. The zero-order valence-corrected chi connectivity index (χ0v) is 14.7. The Morgan fingerprint density at radius 3 is 2.48 bits per heavy atom. The van der Waals surface area contributed by atoms with Crippen molar-refractivity contribution in [3.8, 4) is 0 Å². The average Bonchev–Trinajstić information content (AvgIpc) is 2.54. The number of pyridine rings is 1. The van der Waals surface area contributed by atoms with E-state index in [-0.39, 0.29) is 11.9 Å². The van der Waals surface area contributed by atoms with Gasteiger partial charge in [0.1, 0.15) is 11.0 Å². The lowest BCUT2D eigenvalue weighted by molar-refractivity contribution is 0.0940. The normalized spacial score (nSPS) is 11.9. The minimum Gasteiger partial charge on any atom is -0.363 e. The number of aryl methyl sites for hydroxylation is 1. The van der Waals surface area contributed by atoms with Gasteiger partial charge in [0, 0.05) is 19.7 Å². The Morgan fingerprint density at radius 1 is 1.26 bits per heavy atom. The zero-order valence-electron chi connectivity index (χ0n) is 13.9. The van der Waals surface area contributed by atoms with Gasteiger partial charge in [0.15, 0.2) is 0 Å². The molecule has 4 nitrogen and oxygen atoms in total. The van der Waals surface area contributed by atoms with Crippen LogP contribution in [-0.4, -0.2) is 25.0 Å². The largest absolute Gasteiger partial charge is 0.363 e. The van der Waals surface area contributed by atoms with Crippen LogP contribution in [0.1, 0.15) is 41.4 Å². The topological polar surface area (TPSA) is 45.2 Å². The van der Waals surface area contributed by atoms with Crippen molar-refractivity contribution >= 4 is 23.3 Å². The maximum atomic E-state index is 12.5. The number of amides is 1. The summed E-state index contributed by atoms with van der Waals surface area (Å²) < 4.78 is 0. The minimum atomic E-state index is -0.163. The van der Waals surface area contributed by atoms with Gasteiger partial charge in [0.25, 0.3) is 5.91 Å². The van der Waals surface area contributed by atoms with Crippen LogP contribution in [0.15, 0.2) is 36.4 Å². The van der Waals surface area contributed by atoms with Crippen LogP contribution in [-0.2, 0) is 6.42 Å². The van der Waals surface area contributed by atoms with E-state index in [1.807, 2.05) is 25.9 Å². The predicted molar refractivity (Wildman–Crippen MR) is 95.3 cm³/mol. The SMILES string of the molecule is CCc1ccc(C(C)NC(=O)c2cc(Cl)nc(N(C)C)c2)cc1. The third kappa shape index (κ3) is 4.45. The molecule has 23 heavy (non-hydrogen) atoms. The van der Waals surface area contributed by atoms with Gasteiger partial charge >= 0.3 is 0 Å². The Morgan fingerprint density at radius 2 is 1.91 bits per heavy atom. The number of nitrogens with one attached hydrogen (secondary N) is 1. The van der Waals surface area contributed by atoms with Crippen molar-refractivity contribution in [1.29, 1.82) is 0 Å². The number of nitrogens with zero attached hydrogens (tertiary/aromatic N) is 2. The molecule has 5 heteroatoms. The fourth-order valence-corrected chi connectivity index (χ4v) is 2.45. The summed E-state index contributed by atoms with van der Waals surface area (Å²) in [6, 6.07) is 11.5. The van der Waals surface area contributed by atoms with Gasteiger partial charge < -0.3 is 10.2 Å². The fourth-order valence-electron chi connectivity index (χ4n) is 2.25. The molecule has 0 aliphatic rings. The van der Waals surface area contributed by atoms with Crippen LogP contribution >= 0.6 is 11.6 Å². The maximum Gasteiger partial charge on any atom is 0.251 e. The van der Waals surface area contributed by atoms with Crippen LogP contribution in [0, 0.1) is 0 Å². The van der Waals surface area contributed by atoms with Gasteiger partial charge in [0.2, 0.25) is 0 Å². The van der Waals surface area contributed by atoms with Crippen LogP contribution in [0.4, 0.5) is 5.82 Å². The molecule has 1 atom stereocenters. The summed E-state index contributed by atoms with van der Waals surface area (Å²) in [5, 5.41) is 3.31. The molecule has 0 spiro atoms. The molecule has 0 saturated carbocycles. The van der Waals surface area contributed by atoms with E-state index in [4.69, 9.17) is 11.6 Å². The molecule has 1 aromatic heterocycles. The van der Waals surface area contributed by atoms with E-state index >= 15 is 0 Å². The Labute approximate surface area is 142 Å². The van der Waals surface area contributed by atoms with Gasteiger partial charge in [-0.2, -0.15) is 0 Å². The number of benzene rings is 1. The lowest BCUT2D eigenvalue weighted by atomic mass is 10.0. The molecule has 1 unspecified atom stereocenters. The van der Waals surface area contributed by atoms with Gasteiger partial charge in [-0.3, -0.25) is 4.79 Å². The molecule has 0 radical (unpaired) electrons. The Balaban J connectivity index is 2.14. The first-order valence-electron chi connectivity index (χ1n) is 7.65. The van der Waals surface area contributed by atoms with E-state index in [1.165, 1.54) is 5.56 Å². The molecule has 1 amide bonds. The van der Waals surface area contributed by atoms with E-state index in [0.717, 1.165) is 12.0 Å². The quantitative estimate of drug-likeness (QED) is 0.846. The molecule has 0 fully saturated rings. The van der Waals surface area contributed by atoms with Gasteiger partial charge in [-0.25, -0.2) is 4.98 Å². The highest BCUT2D eigenvalue weighted by atomic mass is 35.5. The zero-order chi connectivity index (χ0) is 17.0. The van der Waals surface area contributed by atoms with Crippen molar-refractivity contribution in [3.05, 3.63) is 58.2 Å². The van der Waals surface area contributed by atoms with Crippen molar-refractivity contribution in [2.45, 2.75) is 26.3 Å². The molecule has 1 heterocycles. The summed E-state index contributed by atoms with van der Waals surface area (Å²) in [5.74, 6) is 0.493. The van der Waals surface area contributed by atoms with Crippen LogP contribution in [0.25, 0.3) is 0 Å². The van der Waals surface area contributed by atoms with Crippen molar-refractivity contribution < 1.29 is 4.79 Å². The van der Waals surface area contributed by atoms with E-state index in [1.54, 1.807) is 12.1 Å². The monoisotopic (exact) mass is 331 g/mol. The summed E-state index contributed by atoms with van der Waals surface area (Å²) in [5.41, 5.74) is 2.86. The molecule has 0 bridgehead atoms. The van der Waals surface area contributed by atoms with Gasteiger partial charge in [-0.1, -0.05) is 42.8 Å². The lowest BCUT2D eigenvalue weighted by Crippen LogP contribution is -2.27. The molecule has 1 aromatic carbocycles. The molecule has 2 aromatic rings. The lowest BCUT2D eigenvalue weighted by Gasteiger charge is -2.16. The molecule has 2 rings (SSSR count). The van der Waals surface area contributed by atoms with Crippen LogP contribution < -0.4 is 10.2 Å². The van der Waals surface area contributed by atoms with E-state index in [2.05, 4.69) is 41.5 Å². The van der Waals surface area contributed by atoms with Gasteiger partial charge in [-0.15, -0.1) is 0 Å². The second kappa shape index (κ2) is 7.47. The predicted octanol–water partition coefficient (Wildman–Crippen LogP) is 3.85. The highest BCUT2D eigenvalue weighted by Gasteiger charge is 2.14. The number of hydrogen-bond acceptors (Lipinski definition) is 3. The second-order valence-corrected chi connectivity index (χ2v) is 6.11. The summed E-state index contributed by atoms with van der Waals surface area (Å²) >= 11 is 6.01. The molecule has 0 aliphatic carbocycles. The molecular weight excluding hydrogens is 310 g/mol. The number of hydrogen-bond donors (Lipinski definition) is 1. The average molecular weight is 332 g/mol. The van der Waals surface area contributed by atoms with Crippen LogP contribution in [0.2, 0.25) is 5.15 Å². The smallest absolute Gasteiger partial charge is 0.251 e. The maximum absolute atomic E-state index is 12.5. The first kappa shape index (κ1) is 17.3. The van der Waals surface area contributed by atoms with E-state index in [9.17, 15) is 4.79 Å². The number of anilines is 1.